The third-order valence-corrected chi connectivity index (χ3v) is 5.55. The first-order chi connectivity index (χ1) is 16.3. The Balaban J connectivity index is 2.05. The summed E-state index contributed by atoms with van der Waals surface area (Å²) in [5.74, 6) is 0.303. The lowest BCUT2D eigenvalue weighted by Gasteiger charge is -2.17. The van der Waals surface area contributed by atoms with Crippen molar-refractivity contribution in [1.29, 1.82) is 0 Å². The number of nitrogens with zero attached hydrogens (tertiary/aromatic N) is 1. The van der Waals surface area contributed by atoms with E-state index in [0.717, 1.165) is 5.56 Å². The summed E-state index contributed by atoms with van der Waals surface area (Å²) in [6.07, 6.45) is 1.48. The van der Waals surface area contributed by atoms with Crippen molar-refractivity contribution in [2.45, 2.75) is 33.1 Å². The molecule has 0 aliphatic rings. The van der Waals surface area contributed by atoms with Crippen LogP contribution in [0, 0.1) is 11.7 Å². The van der Waals surface area contributed by atoms with Gasteiger partial charge in [0.25, 0.3) is 0 Å². The van der Waals surface area contributed by atoms with Gasteiger partial charge >= 0.3 is 5.97 Å². The lowest BCUT2D eigenvalue weighted by atomic mass is 9.94. The van der Waals surface area contributed by atoms with Crippen molar-refractivity contribution in [3.8, 4) is 28.4 Å². The Kier molecular flexibility index (Phi) is 8.10. The Hall–Kier alpha value is -3.61. The van der Waals surface area contributed by atoms with Gasteiger partial charge in [-0.3, -0.25) is 4.98 Å². The van der Waals surface area contributed by atoms with Gasteiger partial charge in [0.2, 0.25) is 5.75 Å². The highest BCUT2D eigenvalue weighted by molar-refractivity contribution is 5.91. The third kappa shape index (κ3) is 5.47. The number of benzene rings is 2. The van der Waals surface area contributed by atoms with Crippen LogP contribution in [0.15, 0.2) is 42.5 Å². The number of hydrogen-bond donors (Lipinski definition) is 1. The number of carboxylic acid groups (broad SMARTS) is 1. The molecule has 180 valence electrons. The summed E-state index contributed by atoms with van der Waals surface area (Å²) in [4.78, 5) is 16.9. The number of pyridine rings is 1. The van der Waals surface area contributed by atoms with E-state index in [1.165, 1.54) is 13.2 Å². The van der Waals surface area contributed by atoms with E-state index in [-0.39, 0.29) is 11.5 Å². The van der Waals surface area contributed by atoms with E-state index in [4.69, 9.17) is 19.2 Å². The summed E-state index contributed by atoms with van der Waals surface area (Å²) in [7, 11) is 4.63. The molecule has 2 aromatic carbocycles. The molecule has 0 amide bonds. The maximum absolute atomic E-state index is 14.6. The standard InChI is InChI=1S/C27H30FNO5/c1-16(2)12-23-19(18-8-6-7-9-21(18)28)15-20(27(30)31)22(29-23)11-10-17-13-24(32-3)26(34-5)25(14-17)33-4/h6-9,13-16H,10-12H2,1-5H3,(H,30,31). The molecule has 34 heavy (non-hydrogen) atoms. The van der Waals surface area contributed by atoms with Crippen LogP contribution in [0.1, 0.15) is 41.2 Å². The summed E-state index contributed by atoms with van der Waals surface area (Å²) in [5, 5.41) is 9.92. The molecule has 0 saturated heterocycles. The average molecular weight is 468 g/mol. The van der Waals surface area contributed by atoms with E-state index in [1.54, 1.807) is 38.5 Å². The van der Waals surface area contributed by atoms with Gasteiger partial charge in [-0.25, -0.2) is 9.18 Å². The van der Waals surface area contributed by atoms with Crippen LogP contribution in [0.4, 0.5) is 4.39 Å². The van der Waals surface area contributed by atoms with Crippen LogP contribution >= 0.6 is 0 Å². The fourth-order valence-electron chi connectivity index (χ4n) is 3.97. The van der Waals surface area contributed by atoms with Crippen molar-refractivity contribution >= 4 is 5.97 Å². The second kappa shape index (κ2) is 11.0. The molecule has 6 nitrogen and oxygen atoms in total. The third-order valence-electron chi connectivity index (χ3n) is 5.55. The quantitative estimate of drug-likeness (QED) is 0.418. The van der Waals surface area contributed by atoms with Crippen LogP contribution in [0.3, 0.4) is 0 Å². The Labute approximate surface area is 199 Å². The zero-order valence-corrected chi connectivity index (χ0v) is 20.1. The first-order valence-corrected chi connectivity index (χ1v) is 11.1. The molecule has 0 radical (unpaired) electrons. The minimum Gasteiger partial charge on any atom is -0.493 e. The number of aromatic nitrogens is 1. The molecule has 7 heteroatoms. The van der Waals surface area contributed by atoms with Crippen molar-refractivity contribution in [2.24, 2.45) is 5.92 Å². The number of rotatable bonds is 10. The number of ether oxygens (including phenoxy) is 3. The van der Waals surface area contributed by atoms with Crippen molar-refractivity contribution in [3.63, 3.8) is 0 Å². The van der Waals surface area contributed by atoms with Crippen LogP contribution in [0.2, 0.25) is 0 Å². The second-order valence-electron chi connectivity index (χ2n) is 8.39. The number of aromatic carboxylic acids is 1. The van der Waals surface area contributed by atoms with E-state index in [2.05, 4.69) is 0 Å². The first kappa shape index (κ1) is 25.0. The van der Waals surface area contributed by atoms with Gasteiger partial charge < -0.3 is 19.3 Å². The number of methoxy groups -OCH3 is 3. The van der Waals surface area contributed by atoms with Crippen LogP contribution in [-0.4, -0.2) is 37.4 Å². The highest BCUT2D eigenvalue weighted by Gasteiger charge is 2.21. The van der Waals surface area contributed by atoms with E-state index < -0.39 is 11.8 Å². The van der Waals surface area contributed by atoms with Crippen molar-refractivity contribution in [1.82, 2.24) is 4.98 Å². The summed E-state index contributed by atoms with van der Waals surface area (Å²) in [6, 6.07) is 11.6. The van der Waals surface area contributed by atoms with Gasteiger partial charge in [0.05, 0.1) is 32.6 Å². The highest BCUT2D eigenvalue weighted by atomic mass is 19.1. The number of halogens is 1. The molecule has 0 aliphatic carbocycles. The Morgan fingerprint density at radius 3 is 2.12 bits per heavy atom. The van der Waals surface area contributed by atoms with Crippen LogP contribution in [0.25, 0.3) is 11.1 Å². The van der Waals surface area contributed by atoms with Crippen LogP contribution < -0.4 is 14.2 Å². The molecular formula is C27H30FNO5. The lowest BCUT2D eigenvalue weighted by molar-refractivity contribution is 0.0695. The fourth-order valence-corrected chi connectivity index (χ4v) is 3.97. The summed E-state index contributed by atoms with van der Waals surface area (Å²) in [6.45, 7) is 4.10. The van der Waals surface area contributed by atoms with Crippen LogP contribution in [0.5, 0.6) is 17.2 Å². The van der Waals surface area contributed by atoms with Gasteiger partial charge in [-0.2, -0.15) is 0 Å². The average Bonchev–Trinajstić information content (AvgIpc) is 2.81. The van der Waals surface area contributed by atoms with Gasteiger partial charge in [-0.1, -0.05) is 32.0 Å². The van der Waals surface area contributed by atoms with E-state index in [9.17, 15) is 14.3 Å². The van der Waals surface area contributed by atoms with E-state index >= 15 is 0 Å². The van der Waals surface area contributed by atoms with Gasteiger partial charge in [-0.05, 0) is 55.0 Å². The van der Waals surface area contributed by atoms with E-state index in [1.807, 2.05) is 26.0 Å². The van der Waals surface area contributed by atoms with Gasteiger partial charge in [-0.15, -0.1) is 0 Å². The Bertz CT molecular complexity index is 1150. The second-order valence-corrected chi connectivity index (χ2v) is 8.39. The number of aryl methyl sites for hydroxylation is 2. The monoisotopic (exact) mass is 467 g/mol. The maximum atomic E-state index is 14.6. The molecule has 0 spiro atoms. The summed E-state index contributed by atoms with van der Waals surface area (Å²) >= 11 is 0. The molecule has 1 N–H and O–H groups in total. The van der Waals surface area contributed by atoms with Gasteiger partial charge in [0.15, 0.2) is 11.5 Å². The highest BCUT2D eigenvalue weighted by Crippen LogP contribution is 2.38. The largest absolute Gasteiger partial charge is 0.493 e. The molecule has 1 heterocycles. The normalized spacial score (nSPS) is 10.9. The summed E-state index contributed by atoms with van der Waals surface area (Å²) in [5.41, 5.74) is 2.96. The number of hydrogen-bond acceptors (Lipinski definition) is 5. The number of carbonyl (C=O) groups is 1. The molecule has 0 saturated carbocycles. The zero-order valence-electron chi connectivity index (χ0n) is 20.1. The Morgan fingerprint density at radius 2 is 1.59 bits per heavy atom. The minimum absolute atomic E-state index is 0.0678. The van der Waals surface area contributed by atoms with Gasteiger partial charge in [0.1, 0.15) is 5.82 Å². The molecule has 1 aromatic heterocycles. The minimum atomic E-state index is -1.10. The molecule has 0 unspecified atom stereocenters. The lowest BCUT2D eigenvalue weighted by Crippen LogP contribution is -2.12. The molecule has 0 aliphatic heterocycles. The Morgan fingerprint density at radius 1 is 0.941 bits per heavy atom. The molecule has 3 aromatic rings. The first-order valence-electron chi connectivity index (χ1n) is 11.1. The smallest absolute Gasteiger partial charge is 0.337 e. The SMILES string of the molecule is COc1cc(CCc2nc(CC(C)C)c(-c3ccccc3F)cc2C(=O)O)cc(OC)c1OC. The predicted octanol–water partition coefficient (Wildman–Crippen LogP) is 5.60. The predicted molar refractivity (Wildman–Crippen MR) is 129 cm³/mol. The van der Waals surface area contributed by atoms with Gasteiger partial charge in [0, 0.05) is 16.8 Å². The molecule has 0 fully saturated rings. The molecule has 0 bridgehead atoms. The number of carboxylic acids is 1. The van der Waals surface area contributed by atoms with Crippen molar-refractivity contribution in [3.05, 3.63) is 70.8 Å². The van der Waals surface area contributed by atoms with Crippen LogP contribution in [-0.2, 0) is 19.3 Å². The maximum Gasteiger partial charge on any atom is 0.337 e. The molecular weight excluding hydrogens is 437 g/mol. The fraction of sp³-hybridized carbons (Fsp3) is 0.333. The zero-order chi connectivity index (χ0) is 24.8. The van der Waals surface area contributed by atoms with Crippen molar-refractivity contribution < 1.29 is 28.5 Å². The topological polar surface area (TPSA) is 77.9 Å². The van der Waals surface area contributed by atoms with E-state index in [0.29, 0.717) is 59.0 Å². The van der Waals surface area contributed by atoms with Crippen molar-refractivity contribution in [2.75, 3.05) is 21.3 Å². The molecule has 0 atom stereocenters. The summed E-state index contributed by atoms with van der Waals surface area (Å²) < 4.78 is 30.8. The molecule has 3 rings (SSSR count).